The van der Waals surface area contributed by atoms with E-state index in [1.54, 1.807) is 0 Å². The van der Waals surface area contributed by atoms with E-state index >= 15 is 0 Å². The molecule has 0 aromatic heterocycles. The Morgan fingerprint density at radius 2 is 1.39 bits per heavy atom. The van der Waals surface area contributed by atoms with Crippen molar-refractivity contribution in [1.29, 1.82) is 0 Å². The molecule has 0 rings (SSSR count). The van der Waals surface area contributed by atoms with E-state index in [1.165, 1.54) is 0 Å². The summed E-state index contributed by atoms with van der Waals surface area (Å²) in [6.07, 6.45) is -0.954. The highest BCUT2D eigenvalue weighted by molar-refractivity contribution is 5.69. The van der Waals surface area contributed by atoms with Crippen LogP contribution in [0.5, 0.6) is 0 Å². The first-order valence-electron chi connectivity index (χ1n) is 5.10. The van der Waals surface area contributed by atoms with Crippen LogP contribution in [0.3, 0.4) is 0 Å². The third-order valence-electron chi connectivity index (χ3n) is 1.94. The van der Waals surface area contributed by atoms with Gasteiger partial charge in [0.15, 0.2) is 0 Å². The molecule has 0 spiro atoms. The molecular weight excluding hydrogens is 250 g/mol. The summed E-state index contributed by atoms with van der Waals surface area (Å²) in [7, 11) is 0. The van der Waals surface area contributed by atoms with E-state index in [0.717, 1.165) is 0 Å². The predicted octanol–water partition coefficient (Wildman–Crippen LogP) is -4.29. The molecule has 18 heavy (non-hydrogen) atoms. The molecule has 0 aromatic rings. The molecule has 8 N–H and O–H groups in total. The molecule has 0 aromatic carbocycles. The van der Waals surface area contributed by atoms with Gasteiger partial charge in [-0.1, -0.05) is 0 Å². The van der Waals surface area contributed by atoms with Crippen LogP contribution in [-0.2, 0) is 4.79 Å². The van der Waals surface area contributed by atoms with Gasteiger partial charge in [0.05, 0.1) is 45.1 Å². The van der Waals surface area contributed by atoms with Crippen LogP contribution in [0, 0.1) is 0 Å². The quantitative estimate of drug-likeness (QED) is 0.217. The van der Waals surface area contributed by atoms with Crippen molar-refractivity contribution in [2.75, 3.05) is 39.6 Å². The summed E-state index contributed by atoms with van der Waals surface area (Å²) in [6, 6.07) is 0. The van der Waals surface area contributed by atoms with Crippen LogP contribution >= 0.6 is 0 Å². The van der Waals surface area contributed by atoms with Gasteiger partial charge in [0.25, 0.3) is 0 Å². The van der Waals surface area contributed by atoms with Crippen molar-refractivity contribution in [3.63, 3.8) is 0 Å². The molecule has 0 aliphatic carbocycles. The molecule has 0 saturated carbocycles. The van der Waals surface area contributed by atoms with E-state index in [9.17, 15) is 4.79 Å². The standard InChI is InChI=1S/C6H13NO5.C3H8O3/c8-2-6(3-9,4-10)7-1-5(11)12;4-1-3(6)2-5/h7-10H,1-4H2,(H,11,12);3-6H,1-2H2. The number of carboxylic acid groups (broad SMARTS) is 1. The van der Waals surface area contributed by atoms with E-state index in [2.05, 4.69) is 5.32 Å². The fourth-order valence-corrected chi connectivity index (χ4v) is 0.639. The minimum Gasteiger partial charge on any atom is -0.480 e. The highest BCUT2D eigenvalue weighted by Crippen LogP contribution is 2.00. The molecule has 0 bridgehead atoms. The number of hydrogen-bond acceptors (Lipinski definition) is 8. The second-order valence-electron chi connectivity index (χ2n) is 3.52. The largest absolute Gasteiger partial charge is 0.480 e. The van der Waals surface area contributed by atoms with E-state index in [-0.39, 0.29) is 13.2 Å². The third kappa shape index (κ3) is 9.24. The fourth-order valence-electron chi connectivity index (χ4n) is 0.639. The number of aliphatic hydroxyl groups excluding tert-OH is 6. The van der Waals surface area contributed by atoms with Crippen LogP contribution in [0.2, 0.25) is 0 Å². The molecule has 0 unspecified atom stereocenters. The third-order valence-corrected chi connectivity index (χ3v) is 1.94. The number of carbonyl (C=O) groups is 1. The summed E-state index contributed by atoms with van der Waals surface area (Å²) in [5.74, 6) is -1.12. The maximum Gasteiger partial charge on any atom is 0.317 e. The van der Waals surface area contributed by atoms with Crippen LogP contribution in [0.4, 0.5) is 0 Å². The van der Waals surface area contributed by atoms with Crippen molar-refractivity contribution in [3.8, 4) is 0 Å². The Balaban J connectivity index is 0. The minimum atomic E-state index is -1.31. The van der Waals surface area contributed by atoms with Gasteiger partial charge in [-0.25, -0.2) is 0 Å². The minimum absolute atomic E-state index is 0.365. The van der Waals surface area contributed by atoms with Gasteiger partial charge in [-0.2, -0.15) is 0 Å². The number of rotatable bonds is 8. The first-order valence-corrected chi connectivity index (χ1v) is 5.10. The van der Waals surface area contributed by atoms with Crippen molar-refractivity contribution < 1.29 is 40.5 Å². The Morgan fingerprint density at radius 1 is 1.00 bits per heavy atom. The maximum absolute atomic E-state index is 10.1. The van der Waals surface area contributed by atoms with Crippen molar-refractivity contribution >= 4 is 5.97 Å². The predicted molar refractivity (Wildman–Crippen MR) is 59.8 cm³/mol. The lowest BCUT2D eigenvalue weighted by Crippen LogP contribution is -2.56. The number of nitrogens with one attached hydrogen (secondary N) is 1. The number of carboxylic acids is 1. The Morgan fingerprint density at radius 3 is 1.56 bits per heavy atom. The summed E-state index contributed by atoms with van der Waals surface area (Å²) in [6.45, 7) is -2.71. The van der Waals surface area contributed by atoms with Gasteiger partial charge in [0, 0.05) is 0 Å². The van der Waals surface area contributed by atoms with Crippen LogP contribution in [0.1, 0.15) is 0 Å². The molecule has 0 aliphatic rings. The van der Waals surface area contributed by atoms with Crippen LogP contribution in [-0.4, -0.2) is 92.9 Å². The van der Waals surface area contributed by atoms with Gasteiger partial charge in [-0.15, -0.1) is 0 Å². The van der Waals surface area contributed by atoms with E-state index in [0.29, 0.717) is 0 Å². The summed E-state index contributed by atoms with van der Waals surface area (Å²) >= 11 is 0. The molecule has 9 nitrogen and oxygen atoms in total. The average Bonchev–Trinajstić information content (AvgIpc) is 2.40. The zero-order valence-electron chi connectivity index (χ0n) is 9.86. The summed E-state index contributed by atoms with van der Waals surface area (Å²) in [4.78, 5) is 10.1. The topological polar surface area (TPSA) is 171 Å². The lowest BCUT2D eigenvalue weighted by atomic mass is 10.0. The first kappa shape index (κ1) is 19.5. The van der Waals surface area contributed by atoms with Gasteiger partial charge < -0.3 is 35.7 Å². The van der Waals surface area contributed by atoms with E-state index in [1.807, 2.05) is 0 Å². The van der Waals surface area contributed by atoms with Gasteiger partial charge in [0.1, 0.15) is 6.10 Å². The van der Waals surface area contributed by atoms with Gasteiger partial charge in [0.2, 0.25) is 0 Å². The lowest BCUT2D eigenvalue weighted by Gasteiger charge is -2.27. The van der Waals surface area contributed by atoms with Crippen molar-refractivity contribution in [3.05, 3.63) is 0 Å². The van der Waals surface area contributed by atoms with Crippen LogP contribution in [0.25, 0.3) is 0 Å². The molecule has 0 atom stereocenters. The molecule has 0 saturated heterocycles. The lowest BCUT2D eigenvalue weighted by molar-refractivity contribution is -0.136. The molecule has 0 radical (unpaired) electrons. The molecule has 0 heterocycles. The number of aliphatic carboxylic acids is 1. The average molecular weight is 271 g/mol. The molecule has 110 valence electrons. The monoisotopic (exact) mass is 271 g/mol. The maximum atomic E-state index is 10.1. The fraction of sp³-hybridized carbons (Fsp3) is 0.889. The Labute approximate surface area is 104 Å². The number of hydrogen-bond donors (Lipinski definition) is 8. The van der Waals surface area contributed by atoms with Crippen LogP contribution in [0.15, 0.2) is 0 Å². The first-order chi connectivity index (χ1) is 8.41. The van der Waals surface area contributed by atoms with Crippen LogP contribution < -0.4 is 5.32 Å². The highest BCUT2D eigenvalue weighted by Gasteiger charge is 2.27. The smallest absolute Gasteiger partial charge is 0.317 e. The van der Waals surface area contributed by atoms with Gasteiger partial charge in [-0.05, 0) is 0 Å². The Kier molecular flexibility index (Phi) is 12.2. The Hall–Kier alpha value is -0.810. The molecular formula is C9H21NO8. The van der Waals surface area contributed by atoms with Crippen molar-refractivity contribution in [1.82, 2.24) is 5.32 Å². The summed E-state index contributed by atoms with van der Waals surface area (Å²) in [5.41, 5.74) is -1.31. The van der Waals surface area contributed by atoms with Crippen molar-refractivity contribution in [2.24, 2.45) is 0 Å². The second-order valence-corrected chi connectivity index (χ2v) is 3.52. The summed E-state index contributed by atoms with van der Waals surface area (Å²) in [5, 5.41) is 60.7. The normalized spacial score (nSPS) is 11.1. The summed E-state index contributed by atoms with van der Waals surface area (Å²) < 4.78 is 0. The molecule has 0 aliphatic heterocycles. The SMILES string of the molecule is O=C(O)CNC(CO)(CO)CO.OCC(O)CO. The molecule has 9 heteroatoms. The second kappa shape index (κ2) is 11.3. The Bertz CT molecular complexity index is 196. The van der Waals surface area contributed by atoms with Gasteiger partial charge >= 0.3 is 5.97 Å². The van der Waals surface area contributed by atoms with E-state index < -0.39 is 44.0 Å². The van der Waals surface area contributed by atoms with E-state index in [4.69, 9.17) is 35.7 Å². The molecule has 0 fully saturated rings. The van der Waals surface area contributed by atoms with Gasteiger partial charge in [-0.3, -0.25) is 10.1 Å². The molecule has 0 amide bonds. The zero-order valence-corrected chi connectivity index (χ0v) is 9.86. The highest BCUT2D eigenvalue weighted by atomic mass is 16.4. The zero-order chi connectivity index (χ0) is 14.6. The van der Waals surface area contributed by atoms with Crippen molar-refractivity contribution in [2.45, 2.75) is 11.6 Å². The number of aliphatic hydroxyl groups is 6.